The molecule has 0 radical (unpaired) electrons. The Bertz CT molecular complexity index is 753. The molecule has 0 aliphatic carbocycles. The lowest BCUT2D eigenvalue weighted by atomic mass is 10.2. The van der Waals surface area contributed by atoms with Gasteiger partial charge in [0.15, 0.2) is 0 Å². The molecule has 0 unspecified atom stereocenters. The first kappa shape index (κ1) is 12.7. The lowest BCUT2D eigenvalue weighted by Crippen LogP contribution is -1.87. The van der Waals surface area contributed by atoms with Crippen LogP contribution in [-0.4, -0.2) is 15.2 Å². The van der Waals surface area contributed by atoms with E-state index < -0.39 is 0 Å². The third-order valence-corrected chi connectivity index (χ3v) is 3.52. The molecule has 0 spiro atoms. The molecule has 1 aromatic heterocycles. The molecule has 0 bridgehead atoms. The van der Waals surface area contributed by atoms with Gasteiger partial charge in [-0.3, -0.25) is 0 Å². The molecule has 5 nitrogen and oxygen atoms in total. The van der Waals surface area contributed by atoms with Crippen molar-refractivity contribution < 1.29 is 9.63 Å². The minimum Gasteiger partial charge on any atom is -0.508 e. The molecular weight excluding hydrogens is 322 g/mol. The summed E-state index contributed by atoms with van der Waals surface area (Å²) in [6, 6.07) is 12.0. The maximum atomic E-state index is 9.26. The Morgan fingerprint density at radius 1 is 1.05 bits per heavy atom. The summed E-state index contributed by atoms with van der Waals surface area (Å²) in [6.07, 6.45) is 0. The van der Waals surface area contributed by atoms with Crippen LogP contribution in [0, 0.1) is 0 Å². The number of rotatable bonds is 2. The summed E-state index contributed by atoms with van der Waals surface area (Å²) in [5.74, 6) is 1.05. The molecule has 2 aromatic carbocycles. The fourth-order valence-electron chi connectivity index (χ4n) is 1.75. The zero-order valence-corrected chi connectivity index (χ0v) is 11.8. The smallest absolute Gasteiger partial charge is 0.258 e. The van der Waals surface area contributed by atoms with Crippen LogP contribution in [0.5, 0.6) is 5.75 Å². The lowest BCUT2D eigenvalue weighted by Gasteiger charge is -1.99. The Balaban J connectivity index is 1.97. The first-order chi connectivity index (χ1) is 9.63. The van der Waals surface area contributed by atoms with E-state index in [1.165, 1.54) is 0 Å². The fourth-order valence-corrected chi connectivity index (χ4v) is 1.99. The maximum Gasteiger partial charge on any atom is 0.258 e. The topological polar surface area (TPSA) is 85.2 Å². The zero-order chi connectivity index (χ0) is 14.1. The number of nitrogens with two attached hydrogens (primary N) is 1. The van der Waals surface area contributed by atoms with E-state index in [-0.39, 0.29) is 5.75 Å². The lowest BCUT2D eigenvalue weighted by molar-refractivity contribution is 0.432. The highest BCUT2D eigenvalue weighted by Gasteiger charge is 2.11. The minimum absolute atomic E-state index is 0.193. The molecule has 1 heterocycles. The van der Waals surface area contributed by atoms with Gasteiger partial charge in [-0.2, -0.15) is 4.98 Å². The monoisotopic (exact) mass is 331 g/mol. The SMILES string of the molecule is Nc1cc(-c2nc(-c3ccc(O)cc3)no2)ccc1Br. The number of phenols is 1. The van der Waals surface area contributed by atoms with Crippen molar-refractivity contribution in [3.63, 3.8) is 0 Å². The normalized spacial score (nSPS) is 10.7. The standard InChI is InChI=1S/C14H10BrN3O2/c15-11-6-3-9(7-12(11)16)14-17-13(18-20-14)8-1-4-10(19)5-2-8/h1-7,19H,16H2. The Hall–Kier alpha value is -2.34. The van der Waals surface area contributed by atoms with E-state index in [4.69, 9.17) is 10.3 Å². The number of hydrogen-bond acceptors (Lipinski definition) is 5. The predicted octanol–water partition coefficient (Wildman–Crippen LogP) is 3.45. The third-order valence-electron chi connectivity index (χ3n) is 2.79. The van der Waals surface area contributed by atoms with Crippen molar-refractivity contribution in [3.05, 3.63) is 46.9 Å². The molecule has 0 atom stereocenters. The number of benzene rings is 2. The molecule has 0 saturated carbocycles. The van der Waals surface area contributed by atoms with Crippen molar-refractivity contribution in [2.24, 2.45) is 0 Å². The number of nitrogen functional groups attached to an aromatic ring is 1. The van der Waals surface area contributed by atoms with Crippen LogP contribution < -0.4 is 5.73 Å². The molecular formula is C14H10BrN3O2. The molecule has 20 heavy (non-hydrogen) atoms. The predicted molar refractivity (Wildman–Crippen MR) is 78.9 cm³/mol. The summed E-state index contributed by atoms with van der Waals surface area (Å²) in [6.45, 7) is 0. The summed E-state index contributed by atoms with van der Waals surface area (Å²) < 4.78 is 6.05. The number of anilines is 1. The van der Waals surface area contributed by atoms with Gasteiger partial charge in [0.05, 0.1) is 0 Å². The number of aromatic nitrogens is 2. The molecule has 0 aliphatic rings. The van der Waals surface area contributed by atoms with Crippen LogP contribution in [0.3, 0.4) is 0 Å². The van der Waals surface area contributed by atoms with Crippen molar-refractivity contribution in [1.29, 1.82) is 0 Å². The summed E-state index contributed by atoms with van der Waals surface area (Å²) in [7, 11) is 0. The van der Waals surface area contributed by atoms with Crippen LogP contribution in [0.4, 0.5) is 5.69 Å². The molecule has 3 N–H and O–H groups in total. The molecule has 0 amide bonds. The van der Waals surface area contributed by atoms with Crippen LogP contribution in [0.2, 0.25) is 0 Å². The Morgan fingerprint density at radius 2 is 1.75 bits per heavy atom. The van der Waals surface area contributed by atoms with Crippen molar-refractivity contribution in [1.82, 2.24) is 10.1 Å². The second-order valence-corrected chi connectivity index (χ2v) is 5.06. The second kappa shape index (κ2) is 4.97. The fraction of sp³-hybridized carbons (Fsp3) is 0. The average Bonchev–Trinajstić information content (AvgIpc) is 2.92. The van der Waals surface area contributed by atoms with Crippen molar-refractivity contribution in [2.75, 3.05) is 5.73 Å². The Labute approximate surface area is 123 Å². The zero-order valence-electron chi connectivity index (χ0n) is 10.2. The van der Waals surface area contributed by atoms with Gasteiger partial charge in [-0.15, -0.1) is 0 Å². The van der Waals surface area contributed by atoms with E-state index in [0.29, 0.717) is 17.4 Å². The van der Waals surface area contributed by atoms with Gasteiger partial charge in [0.1, 0.15) is 5.75 Å². The molecule has 0 saturated heterocycles. The number of nitrogens with zero attached hydrogens (tertiary/aromatic N) is 2. The van der Waals surface area contributed by atoms with E-state index in [9.17, 15) is 5.11 Å². The highest BCUT2D eigenvalue weighted by molar-refractivity contribution is 9.10. The maximum absolute atomic E-state index is 9.26. The summed E-state index contributed by atoms with van der Waals surface area (Å²) in [4.78, 5) is 4.32. The van der Waals surface area contributed by atoms with Gasteiger partial charge >= 0.3 is 0 Å². The van der Waals surface area contributed by atoms with Gasteiger partial charge < -0.3 is 15.4 Å². The van der Waals surface area contributed by atoms with Gasteiger partial charge in [0, 0.05) is 21.3 Å². The first-order valence-electron chi connectivity index (χ1n) is 5.82. The number of aromatic hydroxyl groups is 1. The Morgan fingerprint density at radius 3 is 2.45 bits per heavy atom. The number of halogens is 1. The summed E-state index contributed by atoms with van der Waals surface area (Å²) in [5.41, 5.74) is 7.95. The van der Waals surface area contributed by atoms with Crippen molar-refractivity contribution in [2.45, 2.75) is 0 Å². The Kier molecular flexibility index (Phi) is 3.15. The largest absolute Gasteiger partial charge is 0.508 e. The summed E-state index contributed by atoms with van der Waals surface area (Å²) >= 11 is 3.34. The highest BCUT2D eigenvalue weighted by atomic mass is 79.9. The molecule has 0 aliphatic heterocycles. The van der Waals surface area contributed by atoms with Gasteiger partial charge in [-0.25, -0.2) is 0 Å². The quantitative estimate of drug-likeness (QED) is 0.702. The first-order valence-corrected chi connectivity index (χ1v) is 6.61. The minimum atomic E-state index is 0.193. The second-order valence-electron chi connectivity index (χ2n) is 4.21. The van der Waals surface area contributed by atoms with E-state index in [2.05, 4.69) is 26.1 Å². The van der Waals surface area contributed by atoms with E-state index in [0.717, 1.165) is 15.6 Å². The van der Waals surface area contributed by atoms with Crippen LogP contribution in [0.15, 0.2) is 51.5 Å². The van der Waals surface area contributed by atoms with Crippen molar-refractivity contribution >= 4 is 21.6 Å². The van der Waals surface area contributed by atoms with Crippen LogP contribution >= 0.6 is 15.9 Å². The van der Waals surface area contributed by atoms with Gasteiger partial charge in [-0.05, 0) is 58.4 Å². The number of phenolic OH excluding ortho intramolecular Hbond substituents is 1. The van der Waals surface area contributed by atoms with E-state index in [1.807, 2.05) is 12.1 Å². The van der Waals surface area contributed by atoms with Gasteiger partial charge in [0.2, 0.25) is 5.82 Å². The van der Waals surface area contributed by atoms with Crippen LogP contribution in [-0.2, 0) is 0 Å². The van der Waals surface area contributed by atoms with Gasteiger partial charge in [-0.1, -0.05) is 5.16 Å². The molecule has 6 heteroatoms. The molecule has 100 valence electrons. The van der Waals surface area contributed by atoms with Crippen LogP contribution in [0.25, 0.3) is 22.8 Å². The van der Waals surface area contributed by atoms with Gasteiger partial charge in [0.25, 0.3) is 5.89 Å². The van der Waals surface area contributed by atoms with E-state index >= 15 is 0 Å². The number of hydrogen-bond donors (Lipinski definition) is 2. The van der Waals surface area contributed by atoms with Crippen molar-refractivity contribution in [3.8, 4) is 28.6 Å². The van der Waals surface area contributed by atoms with Crippen LogP contribution in [0.1, 0.15) is 0 Å². The molecule has 3 rings (SSSR count). The third kappa shape index (κ3) is 2.37. The average molecular weight is 332 g/mol. The highest BCUT2D eigenvalue weighted by Crippen LogP contribution is 2.28. The van der Waals surface area contributed by atoms with E-state index in [1.54, 1.807) is 30.3 Å². The molecule has 0 fully saturated rings. The summed E-state index contributed by atoms with van der Waals surface area (Å²) in [5, 5.41) is 13.2. The molecule has 3 aromatic rings.